The Morgan fingerprint density at radius 3 is 2.60 bits per heavy atom. The number of fused-ring (bicyclic) bond motifs is 2. The maximum Gasteiger partial charge on any atom is 0.303 e. The Kier molecular flexibility index (Phi) is 4.20. The van der Waals surface area contributed by atoms with E-state index >= 15 is 0 Å². The zero-order valence-corrected chi connectivity index (χ0v) is 15.4. The second-order valence-electron chi connectivity index (χ2n) is 9.34. The Bertz CT molecular complexity index is 618. The van der Waals surface area contributed by atoms with Crippen molar-refractivity contribution < 1.29 is 24.9 Å². The van der Waals surface area contributed by atoms with Crippen LogP contribution < -0.4 is 0 Å². The van der Waals surface area contributed by atoms with Crippen LogP contribution in [-0.4, -0.2) is 38.8 Å². The van der Waals surface area contributed by atoms with Gasteiger partial charge >= 0.3 is 5.97 Å². The van der Waals surface area contributed by atoms with Crippen molar-refractivity contribution in [3.8, 4) is 0 Å². The molecule has 4 fully saturated rings. The fraction of sp³-hybridized carbons (Fsp3) is 0.800. The van der Waals surface area contributed by atoms with Crippen LogP contribution in [0.2, 0.25) is 0 Å². The predicted molar refractivity (Wildman–Crippen MR) is 92.8 cm³/mol. The summed E-state index contributed by atoms with van der Waals surface area (Å²) < 4.78 is 0. The zero-order chi connectivity index (χ0) is 18.8. The molecule has 0 aromatic carbocycles. The van der Waals surface area contributed by atoms with Crippen LogP contribution in [0.4, 0.5) is 0 Å². The van der Waals surface area contributed by atoms with Gasteiger partial charge in [-0.2, -0.15) is 0 Å². The number of hydrogen-bond donors (Lipinski definition) is 3. The average molecular weight is 350 g/mol. The molecule has 140 valence electrons. The molecule has 0 aromatic rings. The monoisotopic (exact) mass is 350 g/mol. The molecule has 0 heterocycles. The van der Waals surface area contributed by atoms with Crippen LogP contribution in [0.1, 0.15) is 59.3 Å². The molecule has 1 spiro atoms. The lowest BCUT2D eigenvalue weighted by atomic mass is 9.38. The molecular weight excluding hydrogens is 320 g/mol. The van der Waals surface area contributed by atoms with E-state index in [1.54, 1.807) is 13.8 Å². The van der Waals surface area contributed by atoms with Crippen LogP contribution in [0.25, 0.3) is 0 Å². The van der Waals surface area contributed by atoms with E-state index in [0.717, 1.165) is 5.57 Å². The van der Waals surface area contributed by atoms with Gasteiger partial charge in [0.15, 0.2) is 5.78 Å². The number of ketones is 1. The third-order valence-corrected chi connectivity index (χ3v) is 7.57. The number of rotatable bonds is 4. The van der Waals surface area contributed by atoms with E-state index in [9.17, 15) is 24.9 Å². The Hall–Kier alpha value is -1.20. The van der Waals surface area contributed by atoms with Crippen molar-refractivity contribution >= 4 is 11.8 Å². The first kappa shape index (κ1) is 18.6. The number of hydrogen-bond acceptors (Lipinski definition) is 4. The van der Waals surface area contributed by atoms with Crippen molar-refractivity contribution in [2.75, 3.05) is 0 Å². The van der Waals surface area contributed by atoms with E-state index in [2.05, 4.69) is 6.58 Å². The van der Waals surface area contributed by atoms with Crippen molar-refractivity contribution in [3.63, 3.8) is 0 Å². The number of carboxylic acid groups (broad SMARTS) is 1. The lowest BCUT2D eigenvalue weighted by Crippen LogP contribution is -2.66. The second-order valence-corrected chi connectivity index (χ2v) is 9.34. The first-order chi connectivity index (χ1) is 11.4. The standard InChI is InChI=1S/C20H30O5/c1-11-10-20-8-5-13(18(2,3)25)19(4,7-6-15(21)22)14(20)9-12(11)16(23)17(20)24/h12-14,16,23,25H,1,5-10H2,2-4H3,(H,21,22)/t12-,13-,14+,16-,19-,20-/m1/s1. The number of Topliss-reactive ketones (excluding diaryl/α,β-unsaturated/α-hetero) is 1. The van der Waals surface area contributed by atoms with Gasteiger partial charge in [0.1, 0.15) is 6.10 Å². The van der Waals surface area contributed by atoms with Crippen molar-refractivity contribution in [2.45, 2.75) is 71.0 Å². The van der Waals surface area contributed by atoms with Crippen LogP contribution in [0.15, 0.2) is 12.2 Å². The summed E-state index contributed by atoms with van der Waals surface area (Å²) in [6.45, 7) is 9.72. The van der Waals surface area contributed by atoms with E-state index in [1.807, 2.05) is 6.92 Å². The smallest absolute Gasteiger partial charge is 0.303 e. The van der Waals surface area contributed by atoms with Crippen LogP contribution in [-0.2, 0) is 9.59 Å². The van der Waals surface area contributed by atoms with E-state index in [1.165, 1.54) is 0 Å². The molecule has 0 aromatic heterocycles. The van der Waals surface area contributed by atoms with Gasteiger partial charge in [-0.25, -0.2) is 0 Å². The number of carbonyl (C=O) groups excluding carboxylic acids is 1. The topological polar surface area (TPSA) is 94.8 Å². The first-order valence-electron chi connectivity index (χ1n) is 9.28. The van der Waals surface area contributed by atoms with Gasteiger partial charge in [0.05, 0.1) is 5.60 Å². The van der Waals surface area contributed by atoms with Gasteiger partial charge in [0.2, 0.25) is 0 Å². The van der Waals surface area contributed by atoms with Crippen molar-refractivity contribution in [1.82, 2.24) is 0 Å². The maximum atomic E-state index is 13.0. The molecule has 4 rings (SSSR count). The lowest BCUT2D eigenvalue weighted by molar-refractivity contribution is -0.195. The third-order valence-electron chi connectivity index (χ3n) is 7.57. The number of aliphatic hydroxyl groups excluding tert-OH is 1. The largest absolute Gasteiger partial charge is 0.481 e. The van der Waals surface area contributed by atoms with E-state index < -0.39 is 28.5 Å². The quantitative estimate of drug-likeness (QED) is 0.677. The van der Waals surface area contributed by atoms with Crippen molar-refractivity contribution in [3.05, 3.63) is 12.2 Å². The first-order valence-corrected chi connectivity index (χ1v) is 9.28. The normalized spacial score (nSPS) is 43.9. The highest BCUT2D eigenvalue weighted by Gasteiger charge is 2.67. The number of aliphatic carboxylic acids is 1. The van der Waals surface area contributed by atoms with E-state index in [-0.39, 0.29) is 30.0 Å². The van der Waals surface area contributed by atoms with Crippen molar-refractivity contribution in [2.24, 2.45) is 28.6 Å². The number of aliphatic hydroxyl groups is 2. The summed E-state index contributed by atoms with van der Waals surface area (Å²) in [5.74, 6) is -1.27. The Morgan fingerprint density at radius 2 is 2.04 bits per heavy atom. The molecule has 5 nitrogen and oxygen atoms in total. The average Bonchev–Trinajstić information content (AvgIpc) is 2.48. The summed E-state index contributed by atoms with van der Waals surface area (Å²) >= 11 is 0. The molecule has 3 N–H and O–H groups in total. The van der Waals surface area contributed by atoms with Crippen molar-refractivity contribution in [1.29, 1.82) is 0 Å². The summed E-state index contributed by atoms with van der Waals surface area (Å²) in [4.78, 5) is 24.2. The predicted octanol–water partition coefficient (Wildman–Crippen LogP) is 2.55. The highest BCUT2D eigenvalue weighted by atomic mass is 16.4. The number of carbonyl (C=O) groups is 2. The van der Waals surface area contributed by atoms with Crippen LogP contribution in [0.3, 0.4) is 0 Å². The molecule has 0 saturated heterocycles. The van der Waals surface area contributed by atoms with E-state index in [4.69, 9.17) is 0 Å². The highest BCUT2D eigenvalue weighted by Crippen LogP contribution is 2.68. The van der Waals surface area contributed by atoms with Gasteiger partial charge in [0, 0.05) is 17.8 Å². The molecule has 6 atom stereocenters. The zero-order valence-electron chi connectivity index (χ0n) is 15.4. The highest BCUT2D eigenvalue weighted by molar-refractivity contribution is 5.92. The fourth-order valence-corrected chi connectivity index (χ4v) is 6.54. The Labute approximate surface area is 149 Å². The summed E-state index contributed by atoms with van der Waals surface area (Å²) in [6, 6.07) is 0. The molecule has 2 bridgehead atoms. The van der Waals surface area contributed by atoms with Gasteiger partial charge in [-0.1, -0.05) is 19.1 Å². The van der Waals surface area contributed by atoms with Gasteiger partial charge in [-0.05, 0) is 63.2 Å². The Balaban J connectivity index is 2.06. The Morgan fingerprint density at radius 1 is 1.40 bits per heavy atom. The fourth-order valence-electron chi connectivity index (χ4n) is 6.54. The maximum absolute atomic E-state index is 13.0. The minimum atomic E-state index is -0.972. The SMILES string of the molecule is C=C1C[C@]23CC[C@H](C(C)(C)O)[C@@](C)(CCC(=O)O)[C@@H]2C[C@H]1[C@@H](O)C3=O. The minimum Gasteiger partial charge on any atom is -0.481 e. The minimum absolute atomic E-state index is 0.0177. The molecule has 0 radical (unpaired) electrons. The molecule has 25 heavy (non-hydrogen) atoms. The van der Waals surface area contributed by atoms with Crippen LogP contribution in [0.5, 0.6) is 0 Å². The second kappa shape index (κ2) is 5.65. The van der Waals surface area contributed by atoms with Gasteiger partial charge in [-0.3, -0.25) is 9.59 Å². The molecule has 0 aliphatic heterocycles. The van der Waals surface area contributed by atoms with Gasteiger partial charge in [0.25, 0.3) is 0 Å². The van der Waals surface area contributed by atoms with Crippen LogP contribution >= 0.6 is 0 Å². The number of carboxylic acids is 1. The molecular formula is C20H30O5. The lowest BCUT2D eigenvalue weighted by Gasteiger charge is -2.65. The summed E-state index contributed by atoms with van der Waals surface area (Å²) in [5, 5.41) is 30.4. The van der Waals surface area contributed by atoms with Crippen LogP contribution in [0, 0.1) is 28.6 Å². The molecule has 4 aliphatic carbocycles. The van der Waals surface area contributed by atoms with Gasteiger partial charge < -0.3 is 15.3 Å². The van der Waals surface area contributed by atoms with Gasteiger partial charge in [-0.15, -0.1) is 0 Å². The summed E-state index contributed by atoms with van der Waals surface area (Å²) in [6.07, 6.45) is 2.04. The van der Waals surface area contributed by atoms with E-state index in [0.29, 0.717) is 32.1 Å². The summed E-state index contributed by atoms with van der Waals surface area (Å²) in [7, 11) is 0. The third kappa shape index (κ3) is 2.58. The summed E-state index contributed by atoms with van der Waals surface area (Å²) in [5.41, 5.74) is -1.08. The molecule has 5 heteroatoms. The molecule has 0 amide bonds. The molecule has 0 unspecified atom stereocenters. The molecule has 4 saturated carbocycles. The molecule has 4 aliphatic rings.